The van der Waals surface area contributed by atoms with Crippen molar-refractivity contribution in [3.05, 3.63) is 51.8 Å². The summed E-state index contributed by atoms with van der Waals surface area (Å²) in [6.07, 6.45) is 3.82. The van der Waals surface area contributed by atoms with Crippen LogP contribution in [0.1, 0.15) is 17.0 Å². The molecule has 5 nitrogen and oxygen atoms in total. The van der Waals surface area contributed by atoms with Crippen LogP contribution in [0.25, 0.3) is 0 Å². The largest absolute Gasteiger partial charge is 0.341 e. The standard InChI is InChI=1S/C17H20Cl2N4O/c1-22(9-11-4-3-5-15(18)16(11)19)17(24)14-8-20-7-13(14)12-6-21-23(2)10-12/h3-6,10,13-14,20H,7-9H2,1-2H3/t13-,14+/m1/s1. The highest BCUT2D eigenvalue weighted by Gasteiger charge is 2.36. The second kappa shape index (κ2) is 7.13. The summed E-state index contributed by atoms with van der Waals surface area (Å²) in [6.45, 7) is 1.90. The highest BCUT2D eigenvalue weighted by atomic mass is 35.5. The molecule has 2 heterocycles. The number of carbonyl (C=O) groups is 1. The minimum absolute atomic E-state index is 0.0999. The number of halogens is 2. The van der Waals surface area contributed by atoms with Gasteiger partial charge in [-0.05, 0) is 17.2 Å². The summed E-state index contributed by atoms with van der Waals surface area (Å²) >= 11 is 12.3. The van der Waals surface area contributed by atoms with Crippen LogP contribution < -0.4 is 5.32 Å². The fourth-order valence-electron chi connectivity index (χ4n) is 3.21. The maximum Gasteiger partial charge on any atom is 0.227 e. The number of carbonyl (C=O) groups excluding carboxylic acids is 1. The minimum Gasteiger partial charge on any atom is -0.341 e. The summed E-state index contributed by atoms with van der Waals surface area (Å²) in [7, 11) is 3.69. The SMILES string of the molecule is CN(Cc1cccc(Cl)c1Cl)C(=O)[C@H]1CNC[C@@H]1c1cnn(C)c1. The number of hydrogen-bond acceptors (Lipinski definition) is 3. The smallest absolute Gasteiger partial charge is 0.227 e. The van der Waals surface area contributed by atoms with Crippen LogP contribution in [0.4, 0.5) is 0 Å². The third-order valence-corrected chi connectivity index (χ3v) is 5.36. The van der Waals surface area contributed by atoms with Gasteiger partial charge in [-0.3, -0.25) is 9.48 Å². The van der Waals surface area contributed by atoms with Crippen molar-refractivity contribution in [2.24, 2.45) is 13.0 Å². The van der Waals surface area contributed by atoms with Crippen molar-refractivity contribution in [3.63, 3.8) is 0 Å². The van der Waals surface area contributed by atoms with Gasteiger partial charge >= 0.3 is 0 Å². The van der Waals surface area contributed by atoms with Crippen LogP contribution in [0, 0.1) is 5.92 Å². The summed E-state index contributed by atoms with van der Waals surface area (Å²) in [5.41, 5.74) is 1.94. The second-order valence-electron chi connectivity index (χ2n) is 6.23. The van der Waals surface area contributed by atoms with Gasteiger partial charge in [0.1, 0.15) is 0 Å². The van der Waals surface area contributed by atoms with Gasteiger partial charge < -0.3 is 10.2 Å². The fourth-order valence-corrected chi connectivity index (χ4v) is 3.59. The van der Waals surface area contributed by atoms with E-state index < -0.39 is 0 Å². The molecular weight excluding hydrogens is 347 g/mol. The zero-order valence-corrected chi connectivity index (χ0v) is 15.2. The van der Waals surface area contributed by atoms with Crippen molar-refractivity contribution in [1.82, 2.24) is 20.0 Å². The predicted octanol–water partition coefficient (Wildman–Crippen LogP) is 2.69. The van der Waals surface area contributed by atoms with Crippen LogP contribution in [0.3, 0.4) is 0 Å². The van der Waals surface area contributed by atoms with Gasteiger partial charge in [0.2, 0.25) is 5.91 Å². The average Bonchev–Trinajstić information content (AvgIpc) is 3.19. The van der Waals surface area contributed by atoms with Gasteiger partial charge in [-0.25, -0.2) is 0 Å². The maximum atomic E-state index is 12.9. The lowest BCUT2D eigenvalue weighted by atomic mass is 9.90. The van der Waals surface area contributed by atoms with E-state index in [1.54, 1.807) is 22.7 Å². The maximum absolute atomic E-state index is 12.9. The van der Waals surface area contributed by atoms with E-state index in [0.717, 1.165) is 17.7 Å². The Labute approximate surface area is 151 Å². The summed E-state index contributed by atoms with van der Waals surface area (Å²) in [4.78, 5) is 14.6. The van der Waals surface area contributed by atoms with Crippen LogP contribution in [-0.2, 0) is 18.4 Å². The first-order valence-corrected chi connectivity index (χ1v) is 8.60. The predicted molar refractivity (Wildman–Crippen MR) is 95.2 cm³/mol. The normalized spacial score (nSPS) is 20.3. The molecule has 1 aliphatic heterocycles. The van der Waals surface area contributed by atoms with Gasteiger partial charge in [-0.2, -0.15) is 5.10 Å². The molecule has 0 spiro atoms. The molecular formula is C17H20Cl2N4O. The molecule has 128 valence electrons. The van der Waals surface area contributed by atoms with Gasteiger partial charge in [-0.15, -0.1) is 0 Å². The molecule has 1 aromatic carbocycles. The van der Waals surface area contributed by atoms with Crippen molar-refractivity contribution in [2.45, 2.75) is 12.5 Å². The number of amides is 1. The van der Waals surface area contributed by atoms with E-state index in [2.05, 4.69) is 10.4 Å². The van der Waals surface area contributed by atoms with Crippen molar-refractivity contribution in [3.8, 4) is 0 Å². The van der Waals surface area contributed by atoms with E-state index in [0.29, 0.717) is 23.1 Å². The Hall–Kier alpha value is -1.56. The molecule has 0 aliphatic carbocycles. The highest BCUT2D eigenvalue weighted by molar-refractivity contribution is 6.42. The van der Waals surface area contributed by atoms with Gasteiger partial charge in [-0.1, -0.05) is 35.3 Å². The van der Waals surface area contributed by atoms with E-state index in [1.807, 2.05) is 31.6 Å². The summed E-state index contributed by atoms with van der Waals surface area (Å²) in [5.74, 6) is 0.144. The van der Waals surface area contributed by atoms with Crippen molar-refractivity contribution in [2.75, 3.05) is 20.1 Å². The van der Waals surface area contributed by atoms with Gasteiger partial charge in [0, 0.05) is 45.8 Å². The summed E-state index contributed by atoms with van der Waals surface area (Å²) in [5, 5.41) is 8.55. The van der Waals surface area contributed by atoms with Crippen molar-refractivity contribution in [1.29, 1.82) is 0 Å². The van der Waals surface area contributed by atoms with Crippen molar-refractivity contribution >= 4 is 29.1 Å². The number of hydrogen-bond donors (Lipinski definition) is 1. The van der Waals surface area contributed by atoms with Gasteiger partial charge in [0.15, 0.2) is 0 Å². The Balaban J connectivity index is 1.74. The van der Waals surface area contributed by atoms with E-state index in [4.69, 9.17) is 23.2 Å². The van der Waals surface area contributed by atoms with E-state index in [-0.39, 0.29) is 17.7 Å². The molecule has 1 fully saturated rings. The molecule has 0 unspecified atom stereocenters. The molecule has 2 aromatic rings. The van der Waals surface area contributed by atoms with Crippen molar-refractivity contribution < 1.29 is 4.79 Å². The second-order valence-corrected chi connectivity index (χ2v) is 7.01. The van der Waals surface area contributed by atoms with E-state index in [1.165, 1.54) is 0 Å². The first-order valence-electron chi connectivity index (χ1n) is 7.84. The van der Waals surface area contributed by atoms with E-state index >= 15 is 0 Å². The molecule has 0 bridgehead atoms. The molecule has 3 rings (SSSR count). The molecule has 2 atom stereocenters. The molecule has 0 radical (unpaired) electrons. The third kappa shape index (κ3) is 3.43. The Morgan fingerprint density at radius 1 is 1.42 bits per heavy atom. The Morgan fingerprint density at radius 2 is 2.21 bits per heavy atom. The molecule has 24 heavy (non-hydrogen) atoms. The number of aromatic nitrogens is 2. The zero-order chi connectivity index (χ0) is 17.3. The molecule has 1 saturated heterocycles. The van der Waals surface area contributed by atoms with Crippen LogP contribution in [0.5, 0.6) is 0 Å². The third-order valence-electron chi connectivity index (χ3n) is 4.50. The Kier molecular flexibility index (Phi) is 5.13. The summed E-state index contributed by atoms with van der Waals surface area (Å²) < 4.78 is 1.77. The van der Waals surface area contributed by atoms with Gasteiger partial charge in [0.25, 0.3) is 0 Å². The quantitative estimate of drug-likeness (QED) is 0.904. The van der Waals surface area contributed by atoms with Crippen LogP contribution >= 0.6 is 23.2 Å². The average molecular weight is 367 g/mol. The van der Waals surface area contributed by atoms with E-state index in [9.17, 15) is 4.79 Å². The topological polar surface area (TPSA) is 50.2 Å². The highest BCUT2D eigenvalue weighted by Crippen LogP contribution is 2.31. The first-order chi connectivity index (χ1) is 11.5. The molecule has 1 aliphatic rings. The summed E-state index contributed by atoms with van der Waals surface area (Å²) in [6, 6.07) is 5.48. The van der Waals surface area contributed by atoms with Crippen LogP contribution in [0.15, 0.2) is 30.6 Å². The fraction of sp³-hybridized carbons (Fsp3) is 0.412. The zero-order valence-electron chi connectivity index (χ0n) is 13.7. The number of rotatable bonds is 4. The lowest BCUT2D eigenvalue weighted by Crippen LogP contribution is -2.35. The number of benzene rings is 1. The first kappa shape index (κ1) is 17.3. The van der Waals surface area contributed by atoms with Gasteiger partial charge in [0.05, 0.1) is 22.2 Å². The number of aryl methyl sites for hydroxylation is 1. The molecule has 0 saturated carbocycles. The molecule has 1 aromatic heterocycles. The Morgan fingerprint density at radius 3 is 2.92 bits per heavy atom. The Bertz CT molecular complexity index is 746. The molecule has 1 amide bonds. The molecule has 1 N–H and O–H groups in total. The lowest BCUT2D eigenvalue weighted by Gasteiger charge is -2.24. The lowest BCUT2D eigenvalue weighted by molar-refractivity contribution is -0.134. The van der Waals surface area contributed by atoms with Crippen LogP contribution in [0.2, 0.25) is 10.0 Å². The number of nitrogens with zero attached hydrogens (tertiary/aromatic N) is 3. The number of nitrogens with one attached hydrogen (secondary N) is 1. The van der Waals surface area contributed by atoms with Crippen LogP contribution in [-0.4, -0.2) is 40.7 Å². The minimum atomic E-state index is -0.0999. The monoisotopic (exact) mass is 366 g/mol. The molecule has 7 heteroatoms.